The second-order valence-electron chi connectivity index (χ2n) is 4.01. The third-order valence-corrected chi connectivity index (χ3v) is 3.95. The predicted molar refractivity (Wildman–Crippen MR) is 64.6 cm³/mol. The number of nitrogens with one attached hydrogen (secondary N) is 1. The molecule has 2 aromatic rings. The lowest BCUT2D eigenvalue weighted by Gasteiger charge is -2.03. The summed E-state index contributed by atoms with van der Waals surface area (Å²) in [5, 5.41) is 12.3. The molecule has 2 rings (SSSR count). The number of hydrogen-bond donors (Lipinski definition) is 2. The minimum absolute atomic E-state index is 0.0681. The smallest absolute Gasteiger partial charge is 0.274 e. The van der Waals surface area contributed by atoms with E-state index >= 15 is 0 Å². The normalized spacial score (nSPS) is 11.9. The number of furan rings is 1. The van der Waals surface area contributed by atoms with E-state index in [0.717, 1.165) is 0 Å². The molecule has 2 aromatic heterocycles. The Kier molecular flexibility index (Phi) is 3.74. The molecule has 0 unspecified atom stereocenters. The van der Waals surface area contributed by atoms with E-state index in [4.69, 9.17) is 14.0 Å². The number of nitrogens with zero attached hydrogens (tertiary/aromatic N) is 1. The summed E-state index contributed by atoms with van der Waals surface area (Å²) in [6.07, 6.45) is 0. The summed E-state index contributed by atoms with van der Waals surface area (Å²) in [7, 11) is -3.76. The molecule has 2 heterocycles. The number of hydrogen-bond acceptors (Lipinski definition) is 6. The van der Waals surface area contributed by atoms with Crippen molar-refractivity contribution in [2.75, 3.05) is 0 Å². The quantitative estimate of drug-likeness (QED) is 0.844. The van der Waals surface area contributed by atoms with Crippen LogP contribution in [0.3, 0.4) is 0 Å². The summed E-state index contributed by atoms with van der Waals surface area (Å²) < 4.78 is 36.2. The maximum Gasteiger partial charge on any atom is 0.274 e. The first-order valence-corrected chi connectivity index (χ1v) is 7.03. The fourth-order valence-electron chi connectivity index (χ4n) is 1.58. The number of rotatable bonds is 5. The Morgan fingerprint density at radius 1 is 1.37 bits per heavy atom. The van der Waals surface area contributed by atoms with Gasteiger partial charge < -0.3 is 14.0 Å². The maximum absolute atomic E-state index is 11.9. The molecule has 0 aliphatic heterocycles. The molecule has 0 fully saturated rings. The van der Waals surface area contributed by atoms with Crippen molar-refractivity contribution in [3.63, 3.8) is 0 Å². The molecule has 0 amide bonds. The summed E-state index contributed by atoms with van der Waals surface area (Å²) in [5.41, 5.74) is 1.33. The monoisotopic (exact) mass is 286 g/mol. The van der Waals surface area contributed by atoms with E-state index in [1.165, 1.54) is 12.1 Å². The Balaban J connectivity index is 2.14. The van der Waals surface area contributed by atoms with Gasteiger partial charge in [0.05, 0.1) is 5.69 Å². The van der Waals surface area contributed by atoms with Gasteiger partial charge in [-0.3, -0.25) is 0 Å². The van der Waals surface area contributed by atoms with Crippen LogP contribution >= 0.6 is 0 Å². The van der Waals surface area contributed by atoms with Crippen LogP contribution in [-0.2, 0) is 23.2 Å². The van der Waals surface area contributed by atoms with Crippen LogP contribution in [0.4, 0.5) is 0 Å². The maximum atomic E-state index is 11.9. The van der Waals surface area contributed by atoms with E-state index in [-0.39, 0.29) is 24.0 Å². The van der Waals surface area contributed by atoms with Gasteiger partial charge in [0.1, 0.15) is 18.1 Å². The molecule has 0 bridgehead atoms. The summed E-state index contributed by atoms with van der Waals surface area (Å²) in [6, 6.07) is 2.70. The fourth-order valence-corrected chi connectivity index (χ4v) is 2.52. The molecular weight excluding hydrogens is 272 g/mol. The van der Waals surface area contributed by atoms with Crippen LogP contribution in [-0.4, -0.2) is 18.7 Å². The van der Waals surface area contributed by atoms with Gasteiger partial charge in [-0.25, -0.2) is 13.1 Å². The molecule has 0 aromatic carbocycles. The van der Waals surface area contributed by atoms with E-state index in [1.807, 2.05) is 0 Å². The summed E-state index contributed by atoms with van der Waals surface area (Å²) >= 11 is 0. The van der Waals surface area contributed by atoms with Gasteiger partial charge in [-0.05, 0) is 26.0 Å². The second kappa shape index (κ2) is 5.16. The van der Waals surface area contributed by atoms with Crippen molar-refractivity contribution >= 4 is 10.0 Å². The Labute approximate surface area is 110 Å². The van der Waals surface area contributed by atoms with Gasteiger partial charge >= 0.3 is 0 Å². The average Bonchev–Trinajstić information content (AvgIpc) is 2.96. The van der Waals surface area contributed by atoms with Crippen LogP contribution in [0.15, 0.2) is 26.2 Å². The Bertz CT molecular complexity index is 652. The lowest BCUT2D eigenvalue weighted by atomic mass is 10.2. The molecular formula is C11H14N2O5S. The van der Waals surface area contributed by atoms with E-state index < -0.39 is 10.0 Å². The van der Waals surface area contributed by atoms with Gasteiger partial charge in [-0.1, -0.05) is 5.16 Å². The largest absolute Gasteiger partial charge is 0.446 e. The Hall–Kier alpha value is -1.64. The highest BCUT2D eigenvalue weighted by Gasteiger charge is 2.20. The first-order chi connectivity index (χ1) is 8.94. The molecule has 0 aliphatic carbocycles. The highest BCUT2D eigenvalue weighted by atomic mass is 32.2. The summed E-state index contributed by atoms with van der Waals surface area (Å²) in [5.74, 6) is 0.758. The molecule has 0 atom stereocenters. The molecule has 2 N–H and O–H groups in total. The fraction of sp³-hybridized carbons (Fsp3) is 0.364. The van der Waals surface area contributed by atoms with E-state index in [2.05, 4.69) is 9.88 Å². The average molecular weight is 286 g/mol. The van der Waals surface area contributed by atoms with E-state index in [1.54, 1.807) is 13.8 Å². The molecule has 0 spiro atoms. The van der Waals surface area contributed by atoms with Crippen molar-refractivity contribution in [1.29, 1.82) is 0 Å². The van der Waals surface area contributed by atoms with Crippen LogP contribution < -0.4 is 4.72 Å². The number of aliphatic hydroxyl groups excluding tert-OH is 1. The molecule has 0 saturated heterocycles. The lowest BCUT2D eigenvalue weighted by Crippen LogP contribution is -2.23. The minimum Gasteiger partial charge on any atom is -0.446 e. The van der Waals surface area contributed by atoms with Gasteiger partial charge in [0.2, 0.25) is 5.09 Å². The van der Waals surface area contributed by atoms with Crippen molar-refractivity contribution in [2.45, 2.75) is 32.1 Å². The third-order valence-electron chi connectivity index (χ3n) is 2.68. The Morgan fingerprint density at radius 3 is 2.63 bits per heavy atom. The lowest BCUT2D eigenvalue weighted by molar-refractivity contribution is 0.236. The van der Waals surface area contributed by atoms with Gasteiger partial charge in [0.25, 0.3) is 10.0 Å². The van der Waals surface area contributed by atoms with Crippen molar-refractivity contribution in [3.8, 4) is 0 Å². The number of sulfonamides is 1. The van der Waals surface area contributed by atoms with E-state index in [0.29, 0.717) is 17.0 Å². The molecule has 8 heteroatoms. The number of aliphatic hydroxyl groups is 1. The molecule has 0 saturated carbocycles. The molecule has 0 aliphatic rings. The zero-order chi connectivity index (χ0) is 14.0. The van der Waals surface area contributed by atoms with Gasteiger partial charge in [-0.15, -0.1) is 0 Å². The molecule has 19 heavy (non-hydrogen) atoms. The zero-order valence-corrected chi connectivity index (χ0v) is 11.3. The van der Waals surface area contributed by atoms with E-state index in [9.17, 15) is 8.42 Å². The highest BCUT2D eigenvalue weighted by Crippen LogP contribution is 2.16. The molecule has 104 valence electrons. The minimum atomic E-state index is -3.76. The van der Waals surface area contributed by atoms with Crippen LogP contribution in [0, 0.1) is 13.8 Å². The number of aryl methyl sites for hydroxylation is 2. The highest BCUT2D eigenvalue weighted by molar-refractivity contribution is 7.89. The number of aromatic nitrogens is 1. The Morgan fingerprint density at radius 2 is 2.11 bits per heavy atom. The predicted octanol–water partition coefficient (Wildman–Crippen LogP) is 0.855. The molecule has 7 nitrogen and oxygen atoms in total. The van der Waals surface area contributed by atoms with Crippen LogP contribution in [0.1, 0.15) is 22.8 Å². The zero-order valence-electron chi connectivity index (χ0n) is 10.5. The van der Waals surface area contributed by atoms with Crippen molar-refractivity contribution in [2.24, 2.45) is 0 Å². The van der Waals surface area contributed by atoms with Crippen molar-refractivity contribution < 1.29 is 22.5 Å². The van der Waals surface area contributed by atoms with Crippen LogP contribution in [0.5, 0.6) is 0 Å². The first-order valence-electron chi connectivity index (χ1n) is 5.55. The van der Waals surface area contributed by atoms with Gasteiger partial charge in [0.15, 0.2) is 0 Å². The SMILES string of the molecule is Cc1noc(C)c1CNS(=O)(=O)c1ccc(CO)o1. The topological polar surface area (TPSA) is 106 Å². The van der Waals surface area contributed by atoms with Gasteiger partial charge in [-0.2, -0.15) is 0 Å². The molecule has 0 radical (unpaired) electrons. The van der Waals surface area contributed by atoms with Crippen molar-refractivity contribution in [1.82, 2.24) is 9.88 Å². The second-order valence-corrected chi connectivity index (χ2v) is 5.70. The third kappa shape index (κ3) is 2.86. The van der Waals surface area contributed by atoms with Gasteiger partial charge in [0, 0.05) is 12.1 Å². The first kappa shape index (κ1) is 13.8. The summed E-state index contributed by atoms with van der Waals surface area (Å²) in [4.78, 5) is 0. The van der Waals surface area contributed by atoms with Crippen LogP contribution in [0.25, 0.3) is 0 Å². The summed E-state index contributed by atoms with van der Waals surface area (Å²) in [6.45, 7) is 3.16. The van der Waals surface area contributed by atoms with Crippen molar-refractivity contribution in [3.05, 3.63) is 34.9 Å². The van der Waals surface area contributed by atoms with Crippen LogP contribution in [0.2, 0.25) is 0 Å². The standard InChI is InChI=1S/C11H14N2O5S/c1-7-10(8(2)18-13-7)5-12-19(15,16)11-4-3-9(6-14)17-11/h3-4,12,14H,5-6H2,1-2H3.